The minimum absolute atomic E-state index is 0.107. The van der Waals surface area contributed by atoms with Crippen LogP contribution in [0.1, 0.15) is 21.7 Å². The highest BCUT2D eigenvalue weighted by molar-refractivity contribution is 5.95. The molecule has 0 aliphatic rings. The number of amides is 2. The molecule has 0 spiro atoms. The van der Waals surface area contributed by atoms with E-state index in [0.29, 0.717) is 30.1 Å². The van der Waals surface area contributed by atoms with Gasteiger partial charge in [0.15, 0.2) is 0 Å². The fraction of sp³-hybridized carbons (Fsp3) is 0.143. The first-order valence-electron chi connectivity index (χ1n) is 8.66. The maximum atomic E-state index is 12.3. The average Bonchev–Trinajstić information content (AvgIpc) is 3.23. The number of furan rings is 1. The molecule has 0 aliphatic carbocycles. The Labute approximate surface area is 157 Å². The third-order valence-electron chi connectivity index (χ3n) is 3.91. The standard InChI is InChI=1S/C21H21N3O3/c25-20(23-14-19-10-5-11-27-19)15-22-18-9-4-8-17(12-18)21(26)24-13-16-6-2-1-3-7-16/h1-12,22H,13-15H2,(H,23,25)(H,24,26). The third-order valence-corrected chi connectivity index (χ3v) is 3.91. The predicted octanol–water partition coefficient (Wildman–Crippen LogP) is 2.94. The molecule has 6 heteroatoms. The molecule has 6 nitrogen and oxygen atoms in total. The fourth-order valence-corrected chi connectivity index (χ4v) is 2.49. The van der Waals surface area contributed by atoms with E-state index in [1.54, 1.807) is 36.6 Å². The Morgan fingerprint density at radius 2 is 1.70 bits per heavy atom. The average molecular weight is 363 g/mol. The number of carbonyl (C=O) groups is 2. The predicted molar refractivity (Wildman–Crippen MR) is 103 cm³/mol. The van der Waals surface area contributed by atoms with E-state index in [-0.39, 0.29) is 18.4 Å². The van der Waals surface area contributed by atoms with Gasteiger partial charge < -0.3 is 20.4 Å². The summed E-state index contributed by atoms with van der Waals surface area (Å²) < 4.78 is 5.16. The van der Waals surface area contributed by atoms with Gasteiger partial charge in [0.25, 0.3) is 5.91 Å². The Bertz CT molecular complexity index is 877. The smallest absolute Gasteiger partial charge is 0.251 e. The molecule has 27 heavy (non-hydrogen) atoms. The van der Waals surface area contributed by atoms with E-state index in [2.05, 4.69) is 16.0 Å². The van der Waals surface area contributed by atoms with Crippen LogP contribution in [-0.2, 0) is 17.9 Å². The van der Waals surface area contributed by atoms with Gasteiger partial charge in [-0.1, -0.05) is 36.4 Å². The number of benzene rings is 2. The second kappa shape index (κ2) is 9.24. The summed E-state index contributed by atoms with van der Waals surface area (Å²) in [6.45, 7) is 0.914. The van der Waals surface area contributed by atoms with Crippen LogP contribution >= 0.6 is 0 Å². The van der Waals surface area contributed by atoms with Crippen molar-refractivity contribution in [1.29, 1.82) is 0 Å². The summed E-state index contributed by atoms with van der Waals surface area (Å²) in [7, 11) is 0. The minimum atomic E-state index is -0.162. The Hall–Kier alpha value is -3.54. The highest BCUT2D eigenvalue weighted by Gasteiger charge is 2.07. The lowest BCUT2D eigenvalue weighted by Crippen LogP contribution is -2.29. The Morgan fingerprint density at radius 3 is 2.48 bits per heavy atom. The van der Waals surface area contributed by atoms with Crippen molar-refractivity contribution in [3.05, 3.63) is 89.9 Å². The maximum absolute atomic E-state index is 12.3. The fourth-order valence-electron chi connectivity index (χ4n) is 2.49. The molecule has 0 atom stereocenters. The van der Waals surface area contributed by atoms with Gasteiger partial charge in [-0.25, -0.2) is 0 Å². The van der Waals surface area contributed by atoms with E-state index in [0.717, 1.165) is 5.56 Å². The molecule has 1 heterocycles. The quantitative estimate of drug-likeness (QED) is 0.575. The molecule has 0 fully saturated rings. The molecule has 0 saturated carbocycles. The zero-order chi connectivity index (χ0) is 18.9. The van der Waals surface area contributed by atoms with Crippen LogP contribution < -0.4 is 16.0 Å². The third kappa shape index (κ3) is 5.74. The topological polar surface area (TPSA) is 83.4 Å². The highest BCUT2D eigenvalue weighted by Crippen LogP contribution is 2.11. The molecule has 0 saturated heterocycles. The molecule has 3 aromatic rings. The van der Waals surface area contributed by atoms with Gasteiger partial charge in [0, 0.05) is 17.8 Å². The Kier molecular flexibility index (Phi) is 6.25. The zero-order valence-electron chi connectivity index (χ0n) is 14.8. The monoisotopic (exact) mass is 363 g/mol. The van der Waals surface area contributed by atoms with Gasteiger partial charge in [0.2, 0.25) is 5.91 Å². The molecular weight excluding hydrogens is 342 g/mol. The number of carbonyl (C=O) groups excluding carboxylic acids is 2. The van der Waals surface area contributed by atoms with Gasteiger partial charge >= 0.3 is 0 Å². The normalized spacial score (nSPS) is 10.2. The van der Waals surface area contributed by atoms with Crippen molar-refractivity contribution < 1.29 is 14.0 Å². The molecule has 0 bridgehead atoms. The SMILES string of the molecule is O=C(CNc1cccc(C(=O)NCc2ccccc2)c1)NCc1ccco1. The summed E-state index contributed by atoms with van der Waals surface area (Å²) >= 11 is 0. The van der Waals surface area contributed by atoms with Gasteiger partial charge in [0.1, 0.15) is 5.76 Å². The van der Waals surface area contributed by atoms with Gasteiger partial charge in [-0.05, 0) is 35.9 Å². The van der Waals surface area contributed by atoms with Crippen LogP contribution in [0.3, 0.4) is 0 Å². The zero-order valence-corrected chi connectivity index (χ0v) is 14.8. The first-order chi connectivity index (χ1) is 13.2. The molecule has 2 amide bonds. The van der Waals surface area contributed by atoms with Crippen molar-refractivity contribution in [2.45, 2.75) is 13.1 Å². The lowest BCUT2D eigenvalue weighted by atomic mass is 10.1. The summed E-state index contributed by atoms with van der Waals surface area (Å²) in [4.78, 5) is 24.2. The minimum Gasteiger partial charge on any atom is -0.467 e. The van der Waals surface area contributed by atoms with E-state index in [4.69, 9.17) is 4.42 Å². The second-order valence-corrected chi connectivity index (χ2v) is 5.96. The number of hydrogen-bond acceptors (Lipinski definition) is 4. The van der Waals surface area contributed by atoms with Gasteiger partial charge in [-0.15, -0.1) is 0 Å². The first-order valence-corrected chi connectivity index (χ1v) is 8.66. The summed E-state index contributed by atoms with van der Waals surface area (Å²) in [6, 6.07) is 20.3. The van der Waals surface area contributed by atoms with Crippen LogP contribution in [0, 0.1) is 0 Å². The number of rotatable bonds is 8. The van der Waals surface area contributed by atoms with E-state index in [9.17, 15) is 9.59 Å². The van der Waals surface area contributed by atoms with Crippen LogP contribution in [0.5, 0.6) is 0 Å². The van der Waals surface area contributed by atoms with Gasteiger partial charge in [-0.3, -0.25) is 9.59 Å². The van der Waals surface area contributed by atoms with Gasteiger partial charge in [0.05, 0.1) is 19.4 Å². The van der Waals surface area contributed by atoms with Crippen molar-refractivity contribution >= 4 is 17.5 Å². The Morgan fingerprint density at radius 1 is 0.852 bits per heavy atom. The van der Waals surface area contributed by atoms with Crippen molar-refractivity contribution in [1.82, 2.24) is 10.6 Å². The van der Waals surface area contributed by atoms with Crippen LogP contribution in [0.25, 0.3) is 0 Å². The van der Waals surface area contributed by atoms with Gasteiger partial charge in [-0.2, -0.15) is 0 Å². The first kappa shape index (κ1) is 18.3. The summed E-state index contributed by atoms with van der Waals surface area (Å²) in [6.07, 6.45) is 1.56. The van der Waals surface area contributed by atoms with E-state index in [1.165, 1.54) is 0 Å². The molecule has 0 radical (unpaired) electrons. The van der Waals surface area contributed by atoms with Crippen molar-refractivity contribution in [3.63, 3.8) is 0 Å². The van der Waals surface area contributed by atoms with Crippen LogP contribution in [0.4, 0.5) is 5.69 Å². The summed E-state index contributed by atoms with van der Waals surface area (Å²) in [5.41, 5.74) is 2.27. The summed E-state index contributed by atoms with van der Waals surface area (Å²) in [5, 5.41) is 8.66. The molecule has 0 unspecified atom stereocenters. The molecule has 2 aromatic carbocycles. The number of anilines is 1. The highest BCUT2D eigenvalue weighted by atomic mass is 16.3. The maximum Gasteiger partial charge on any atom is 0.251 e. The van der Waals surface area contributed by atoms with Crippen molar-refractivity contribution in [3.8, 4) is 0 Å². The largest absolute Gasteiger partial charge is 0.467 e. The molecule has 1 aromatic heterocycles. The van der Waals surface area contributed by atoms with Crippen molar-refractivity contribution in [2.75, 3.05) is 11.9 Å². The van der Waals surface area contributed by atoms with E-state index < -0.39 is 0 Å². The Balaban J connectivity index is 1.47. The van der Waals surface area contributed by atoms with Crippen LogP contribution in [0.15, 0.2) is 77.4 Å². The van der Waals surface area contributed by atoms with E-state index in [1.807, 2.05) is 36.4 Å². The van der Waals surface area contributed by atoms with E-state index >= 15 is 0 Å². The number of nitrogens with one attached hydrogen (secondary N) is 3. The molecule has 3 rings (SSSR count). The second-order valence-electron chi connectivity index (χ2n) is 5.96. The van der Waals surface area contributed by atoms with Crippen LogP contribution in [0.2, 0.25) is 0 Å². The lowest BCUT2D eigenvalue weighted by molar-refractivity contribution is -0.119. The molecular formula is C21H21N3O3. The van der Waals surface area contributed by atoms with Crippen molar-refractivity contribution in [2.24, 2.45) is 0 Å². The summed E-state index contributed by atoms with van der Waals surface area (Å²) in [5.74, 6) is 0.371. The number of hydrogen-bond donors (Lipinski definition) is 3. The molecule has 3 N–H and O–H groups in total. The molecule has 0 aliphatic heterocycles. The van der Waals surface area contributed by atoms with Crippen LogP contribution in [-0.4, -0.2) is 18.4 Å². The molecule has 138 valence electrons. The lowest BCUT2D eigenvalue weighted by Gasteiger charge is -2.09.